The summed E-state index contributed by atoms with van der Waals surface area (Å²) in [4.78, 5) is 23.2. The lowest BCUT2D eigenvalue weighted by molar-refractivity contribution is 0.160. The van der Waals surface area contributed by atoms with E-state index in [0.717, 1.165) is 32.6 Å². The SMILES string of the molecule is CCC(C)N1C(=O)S/C(=C\c2ccc(Sc3nc4ccc(C)cc4[nH]3)o2)C2OC21. The smallest absolute Gasteiger partial charge is 0.288 e. The molecule has 8 heteroatoms. The van der Waals surface area contributed by atoms with Crippen molar-refractivity contribution < 1.29 is 13.9 Å². The van der Waals surface area contributed by atoms with Gasteiger partial charge in [-0.05, 0) is 79.7 Å². The summed E-state index contributed by atoms with van der Waals surface area (Å²) in [7, 11) is 0. The van der Waals surface area contributed by atoms with E-state index < -0.39 is 0 Å². The van der Waals surface area contributed by atoms with Crippen molar-refractivity contribution in [2.45, 2.75) is 55.8 Å². The largest absolute Gasteiger partial charge is 0.450 e. The molecule has 1 amide bonds. The number of hydrogen-bond donors (Lipinski definition) is 1. The molecule has 1 N–H and O–H groups in total. The molecule has 150 valence electrons. The molecule has 3 unspecified atom stereocenters. The van der Waals surface area contributed by atoms with Gasteiger partial charge in [-0.2, -0.15) is 0 Å². The van der Waals surface area contributed by atoms with E-state index in [2.05, 4.69) is 36.8 Å². The van der Waals surface area contributed by atoms with Gasteiger partial charge in [-0.15, -0.1) is 0 Å². The maximum atomic E-state index is 12.5. The Morgan fingerprint density at radius 1 is 1.38 bits per heavy atom. The molecule has 3 atom stereocenters. The van der Waals surface area contributed by atoms with Gasteiger partial charge in [-0.1, -0.05) is 13.0 Å². The van der Waals surface area contributed by atoms with E-state index in [9.17, 15) is 4.79 Å². The Morgan fingerprint density at radius 2 is 2.24 bits per heavy atom. The fourth-order valence-corrected chi connectivity index (χ4v) is 5.25. The normalized spacial score (nSPS) is 23.6. The zero-order valence-corrected chi connectivity index (χ0v) is 18.0. The minimum Gasteiger partial charge on any atom is -0.450 e. The summed E-state index contributed by atoms with van der Waals surface area (Å²) in [5.74, 6) is 0.709. The number of rotatable bonds is 5. The van der Waals surface area contributed by atoms with Crippen LogP contribution in [0, 0.1) is 6.92 Å². The average Bonchev–Trinajstić information content (AvgIpc) is 3.19. The number of H-pyrrole nitrogens is 1. The quantitative estimate of drug-likeness (QED) is 0.531. The Hall–Kier alpha value is -2.16. The topological polar surface area (TPSA) is 74.7 Å². The molecule has 1 aromatic carbocycles. The minimum absolute atomic E-state index is 0.0356. The fourth-order valence-electron chi connectivity index (χ4n) is 3.43. The number of fused-ring (bicyclic) bond motifs is 2. The van der Waals surface area contributed by atoms with Crippen LogP contribution in [0.25, 0.3) is 17.1 Å². The fraction of sp³-hybridized carbons (Fsp3) is 0.333. The van der Waals surface area contributed by atoms with Gasteiger partial charge in [-0.3, -0.25) is 4.79 Å². The molecule has 4 heterocycles. The molecule has 6 nitrogen and oxygen atoms in total. The first-order chi connectivity index (χ1) is 14.0. The Bertz CT molecular complexity index is 1120. The molecule has 0 aliphatic carbocycles. The molecule has 29 heavy (non-hydrogen) atoms. The predicted octanol–water partition coefficient (Wildman–Crippen LogP) is 5.65. The third kappa shape index (κ3) is 3.60. The Balaban J connectivity index is 1.31. The standard InChI is InChI=1S/C21H21N3O3S2/c1-4-12(3)24-19-18(27-19)16(28-21(24)25)10-13-6-8-17(26-13)29-20-22-14-7-5-11(2)9-15(14)23-20/h5-10,12,18-19H,4H2,1-3H3,(H,22,23)/b16-10-. The first kappa shape index (κ1) is 18.8. The molecular weight excluding hydrogens is 406 g/mol. The lowest BCUT2D eigenvalue weighted by atomic mass is 10.2. The van der Waals surface area contributed by atoms with Gasteiger partial charge in [0.1, 0.15) is 11.9 Å². The summed E-state index contributed by atoms with van der Waals surface area (Å²) < 4.78 is 11.7. The number of furan rings is 1. The molecule has 2 aliphatic rings. The lowest BCUT2D eigenvalue weighted by Crippen LogP contribution is -2.41. The van der Waals surface area contributed by atoms with Crippen molar-refractivity contribution in [2.24, 2.45) is 0 Å². The van der Waals surface area contributed by atoms with Crippen LogP contribution in [0.1, 0.15) is 31.6 Å². The van der Waals surface area contributed by atoms with Crippen LogP contribution in [0.5, 0.6) is 0 Å². The first-order valence-electron chi connectivity index (χ1n) is 9.63. The number of imidazole rings is 1. The molecule has 0 radical (unpaired) electrons. The highest BCUT2D eigenvalue weighted by atomic mass is 32.2. The maximum Gasteiger partial charge on any atom is 0.288 e. The summed E-state index contributed by atoms with van der Waals surface area (Å²) in [6.45, 7) is 6.20. The molecule has 5 rings (SSSR count). The van der Waals surface area contributed by atoms with Crippen molar-refractivity contribution in [3.05, 3.63) is 46.6 Å². The van der Waals surface area contributed by atoms with Gasteiger partial charge < -0.3 is 19.0 Å². The van der Waals surface area contributed by atoms with Crippen LogP contribution >= 0.6 is 23.5 Å². The molecule has 2 saturated heterocycles. The Kier molecular flexibility index (Phi) is 4.72. The second-order valence-corrected chi connectivity index (χ2v) is 9.37. The van der Waals surface area contributed by atoms with Gasteiger partial charge in [0, 0.05) is 10.9 Å². The number of amides is 1. The van der Waals surface area contributed by atoms with Crippen LogP contribution in [-0.2, 0) is 4.74 Å². The molecule has 3 aromatic rings. The number of epoxide rings is 1. The van der Waals surface area contributed by atoms with Crippen LogP contribution in [0.4, 0.5) is 4.79 Å². The second kappa shape index (κ2) is 7.27. The summed E-state index contributed by atoms with van der Waals surface area (Å²) in [6.07, 6.45) is 2.66. The second-order valence-electron chi connectivity index (χ2n) is 7.35. The monoisotopic (exact) mass is 427 g/mol. The number of benzene rings is 1. The summed E-state index contributed by atoms with van der Waals surface area (Å²) >= 11 is 2.68. The van der Waals surface area contributed by atoms with Gasteiger partial charge in [0.25, 0.3) is 5.24 Å². The Labute approximate surface area is 177 Å². The van der Waals surface area contributed by atoms with Gasteiger partial charge >= 0.3 is 0 Å². The number of carbonyl (C=O) groups excluding carboxylic acids is 1. The highest BCUT2D eigenvalue weighted by Gasteiger charge is 2.54. The number of thioether (sulfide) groups is 1. The van der Waals surface area contributed by atoms with E-state index in [-0.39, 0.29) is 23.6 Å². The van der Waals surface area contributed by atoms with Crippen LogP contribution in [0.3, 0.4) is 0 Å². The number of nitrogens with one attached hydrogen (secondary N) is 1. The number of aromatic amines is 1. The number of hydrogen-bond acceptors (Lipinski definition) is 6. The third-order valence-electron chi connectivity index (χ3n) is 5.20. The highest BCUT2D eigenvalue weighted by Crippen LogP contribution is 2.47. The first-order valence-corrected chi connectivity index (χ1v) is 11.3. The summed E-state index contributed by atoms with van der Waals surface area (Å²) in [5, 5.41) is 1.58. The van der Waals surface area contributed by atoms with Crippen molar-refractivity contribution in [1.29, 1.82) is 0 Å². The summed E-state index contributed by atoms with van der Waals surface area (Å²) in [5.41, 5.74) is 3.14. The van der Waals surface area contributed by atoms with Gasteiger partial charge in [-0.25, -0.2) is 4.98 Å². The average molecular weight is 428 g/mol. The van der Waals surface area contributed by atoms with Crippen LogP contribution in [0.15, 0.2) is 49.9 Å². The van der Waals surface area contributed by atoms with Crippen LogP contribution in [-0.4, -0.2) is 38.5 Å². The molecule has 0 saturated carbocycles. The lowest BCUT2D eigenvalue weighted by Gasteiger charge is -2.29. The van der Waals surface area contributed by atoms with Crippen molar-refractivity contribution >= 4 is 45.9 Å². The van der Waals surface area contributed by atoms with Crippen molar-refractivity contribution in [1.82, 2.24) is 14.9 Å². The van der Waals surface area contributed by atoms with E-state index >= 15 is 0 Å². The minimum atomic E-state index is -0.132. The number of ether oxygens (including phenoxy) is 1. The van der Waals surface area contributed by atoms with Crippen LogP contribution < -0.4 is 0 Å². The number of nitrogens with zero attached hydrogens (tertiary/aromatic N) is 2. The van der Waals surface area contributed by atoms with E-state index in [4.69, 9.17) is 9.15 Å². The van der Waals surface area contributed by atoms with Gasteiger partial charge in [0.15, 0.2) is 16.5 Å². The van der Waals surface area contributed by atoms with E-state index in [1.165, 1.54) is 29.1 Å². The molecule has 0 bridgehead atoms. The molecule has 2 aromatic heterocycles. The van der Waals surface area contributed by atoms with Gasteiger partial charge in [0.2, 0.25) is 0 Å². The molecule has 2 fully saturated rings. The zero-order valence-electron chi connectivity index (χ0n) is 16.3. The van der Waals surface area contributed by atoms with Gasteiger partial charge in [0.05, 0.1) is 11.0 Å². The third-order valence-corrected chi connectivity index (χ3v) is 6.98. The predicted molar refractivity (Wildman–Crippen MR) is 115 cm³/mol. The highest BCUT2D eigenvalue weighted by molar-refractivity contribution is 8.17. The number of carbonyl (C=O) groups is 1. The van der Waals surface area contributed by atoms with Crippen molar-refractivity contribution in [2.75, 3.05) is 0 Å². The number of aromatic nitrogens is 2. The summed E-state index contributed by atoms with van der Waals surface area (Å²) in [6, 6.07) is 10.2. The number of aryl methyl sites for hydroxylation is 1. The Morgan fingerprint density at radius 3 is 3.07 bits per heavy atom. The van der Waals surface area contributed by atoms with Crippen LogP contribution in [0.2, 0.25) is 0 Å². The van der Waals surface area contributed by atoms with E-state index in [0.29, 0.717) is 5.76 Å². The molecule has 2 aliphatic heterocycles. The zero-order chi connectivity index (χ0) is 20.1. The van der Waals surface area contributed by atoms with E-state index in [1.807, 2.05) is 35.2 Å². The molecular formula is C21H21N3O3S2. The maximum absolute atomic E-state index is 12.5. The van der Waals surface area contributed by atoms with Crippen molar-refractivity contribution in [3.63, 3.8) is 0 Å². The van der Waals surface area contributed by atoms with E-state index in [1.54, 1.807) is 0 Å². The molecule has 0 spiro atoms. The van der Waals surface area contributed by atoms with Crippen molar-refractivity contribution in [3.8, 4) is 0 Å².